The molecule has 0 unspecified atom stereocenters. The van der Waals surface area contributed by atoms with E-state index in [0.29, 0.717) is 5.56 Å². The smallest absolute Gasteiger partial charge is 0.335 e. The summed E-state index contributed by atoms with van der Waals surface area (Å²) in [6, 6.07) is 10.6. The second kappa shape index (κ2) is 3.47. The predicted octanol–water partition coefficient (Wildman–Crippen LogP) is 2.52. The van der Waals surface area contributed by atoms with Crippen LogP contribution in [0.4, 0.5) is 0 Å². The van der Waals surface area contributed by atoms with Gasteiger partial charge in [-0.05, 0) is 22.9 Å². The first kappa shape index (κ1) is 9.29. The number of hydrogen-bond acceptors (Lipinski definition) is 1. The van der Waals surface area contributed by atoms with Crippen molar-refractivity contribution in [3.8, 4) is 12.3 Å². The third kappa shape index (κ3) is 1.55. The van der Waals surface area contributed by atoms with E-state index in [1.165, 1.54) is 6.07 Å². The zero-order valence-electron chi connectivity index (χ0n) is 7.90. The van der Waals surface area contributed by atoms with E-state index in [4.69, 9.17) is 11.5 Å². The highest BCUT2D eigenvalue weighted by molar-refractivity contribution is 5.97. The summed E-state index contributed by atoms with van der Waals surface area (Å²) in [5.41, 5.74) is 0.840. The minimum Gasteiger partial charge on any atom is -0.478 e. The van der Waals surface area contributed by atoms with Gasteiger partial charge in [-0.1, -0.05) is 30.2 Å². The van der Waals surface area contributed by atoms with E-state index in [-0.39, 0.29) is 5.56 Å². The predicted molar refractivity (Wildman–Crippen MR) is 58.8 cm³/mol. The first-order valence-corrected chi connectivity index (χ1v) is 4.45. The van der Waals surface area contributed by atoms with Crippen LogP contribution in [0.5, 0.6) is 0 Å². The van der Waals surface area contributed by atoms with Crippen molar-refractivity contribution in [2.24, 2.45) is 0 Å². The average molecular weight is 196 g/mol. The van der Waals surface area contributed by atoms with E-state index < -0.39 is 5.97 Å². The van der Waals surface area contributed by atoms with Crippen molar-refractivity contribution in [1.29, 1.82) is 0 Å². The van der Waals surface area contributed by atoms with E-state index in [9.17, 15) is 4.79 Å². The number of hydrogen-bond donors (Lipinski definition) is 1. The van der Waals surface area contributed by atoms with Crippen LogP contribution in [0.2, 0.25) is 0 Å². The number of carboxylic acid groups (broad SMARTS) is 1. The van der Waals surface area contributed by atoms with Crippen LogP contribution in [0.25, 0.3) is 10.8 Å². The maximum atomic E-state index is 10.8. The van der Waals surface area contributed by atoms with E-state index in [0.717, 1.165) is 10.8 Å². The molecule has 2 rings (SSSR count). The lowest BCUT2D eigenvalue weighted by molar-refractivity contribution is 0.0697. The zero-order valence-corrected chi connectivity index (χ0v) is 7.90. The molecule has 72 valence electrons. The van der Waals surface area contributed by atoms with Crippen molar-refractivity contribution in [3.05, 3.63) is 47.5 Å². The summed E-state index contributed by atoms with van der Waals surface area (Å²) in [5, 5.41) is 10.7. The highest BCUT2D eigenvalue weighted by Crippen LogP contribution is 2.20. The number of benzene rings is 2. The molecule has 0 saturated carbocycles. The van der Waals surface area contributed by atoms with Gasteiger partial charge in [0, 0.05) is 5.56 Å². The van der Waals surface area contributed by atoms with Crippen LogP contribution in [0.1, 0.15) is 15.9 Å². The Hall–Kier alpha value is -2.27. The summed E-state index contributed by atoms with van der Waals surface area (Å²) >= 11 is 0. The lowest BCUT2D eigenvalue weighted by Gasteiger charge is -2.02. The second-order valence-electron chi connectivity index (χ2n) is 3.19. The molecule has 1 N–H and O–H groups in total. The molecule has 0 bridgehead atoms. The largest absolute Gasteiger partial charge is 0.478 e. The molecule has 0 aliphatic rings. The van der Waals surface area contributed by atoms with Gasteiger partial charge in [-0.15, -0.1) is 6.42 Å². The standard InChI is InChI=1S/C13H8O2/c1-2-9-7-11(13(14)15)8-10-5-3-4-6-12(9)10/h1,3-8H,(H,14,15). The minimum absolute atomic E-state index is 0.224. The molecule has 0 aromatic heterocycles. The fourth-order valence-corrected chi connectivity index (χ4v) is 1.55. The van der Waals surface area contributed by atoms with Gasteiger partial charge >= 0.3 is 5.97 Å². The van der Waals surface area contributed by atoms with Crippen LogP contribution < -0.4 is 0 Å². The van der Waals surface area contributed by atoms with E-state index in [2.05, 4.69) is 5.92 Å². The number of carboxylic acids is 1. The first-order valence-electron chi connectivity index (χ1n) is 4.45. The van der Waals surface area contributed by atoms with E-state index >= 15 is 0 Å². The lowest BCUT2D eigenvalue weighted by Crippen LogP contribution is -1.97. The van der Waals surface area contributed by atoms with Crippen molar-refractivity contribution >= 4 is 16.7 Å². The molecular weight excluding hydrogens is 188 g/mol. The number of carbonyl (C=O) groups is 1. The number of rotatable bonds is 1. The lowest BCUT2D eigenvalue weighted by atomic mass is 10.0. The van der Waals surface area contributed by atoms with E-state index in [1.54, 1.807) is 6.07 Å². The summed E-state index contributed by atoms with van der Waals surface area (Å²) in [6.07, 6.45) is 5.34. The third-order valence-corrected chi connectivity index (χ3v) is 2.26. The van der Waals surface area contributed by atoms with E-state index in [1.807, 2.05) is 24.3 Å². The van der Waals surface area contributed by atoms with Crippen molar-refractivity contribution in [1.82, 2.24) is 0 Å². The molecule has 0 aliphatic carbocycles. The maximum Gasteiger partial charge on any atom is 0.335 e. The van der Waals surface area contributed by atoms with Crippen LogP contribution in [-0.2, 0) is 0 Å². The SMILES string of the molecule is C#Cc1cc(C(=O)O)cc2ccccc12. The molecule has 2 aromatic carbocycles. The Balaban J connectivity index is 2.84. The molecule has 0 fully saturated rings. The summed E-state index contributed by atoms with van der Waals surface area (Å²) < 4.78 is 0. The Morgan fingerprint density at radius 1 is 1.27 bits per heavy atom. The van der Waals surface area contributed by atoms with Gasteiger partial charge in [0.25, 0.3) is 0 Å². The Bertz CT molecular complexity index is 577. The fourth-order valence-electron chi connectivity index (χ4n) is 1.55. The fraction of sp³-hybridized carbons (Fsp3) is 0. The second-order valence-corrected chi connectivity index (χ2v) is 3.19. The van der Waals surface area contributed by atoms with Gasteiger partial charge in [-0.3, -0.25) is 0 Å². The summed E-state index contributed by atoms with van der Waals surface area (Å²) in [7, 11) is 0. The molecule has 2 aromatic rings. The number of aromatic carboxylic acids is 1. The molecule has 0 atom stereocenters. The van der Waals surface area contributed by atoms with Crippen LogP contribution in [0, 0.1) is 12.3 Å². The molecule has 2 nitrogen and oxygen atoms in total. The van der Waals surface area contributed by atoms with Gasteiger partial charge in [-0.25, -0.2) is 4.79 Å². The van der Waals surface area contributed by atoms with Gasteiger partial charge in [0.05, 0.1) is 5.56 Å². The van der Waals surface area contributed by atoms with Crippen molar-refractivity contribution in [2.45, 2.75) is 0 Å². The Kier molecular flexibility index (Phi) is 2.15. The molecule has 0 amide bonds. The van der Waals surface area contributed by atoms with Crippen LogP contribution in [-0.4, -0.2) is 11.1 Å². The highest BCUT2D eigenvalue weighted by atomic mass is 16.4. The highest BCUT2D eigenvalue weighted by Gasteiger charge is 2.06. The third-order valence-electron chi connectivity index (χ3n) is 2.26. The normalized spacial score (nSPS) is 9.80. The van der Waals surface area contributed by atoms with Crippen LogP contribution >= 0.6 is 0 Å². The quantitative estimate of drug-likeness (QED) is 0.711. The van der Waals surface area contributed by atoms with Crippen molar-refractivity contribution in [2.75, 3.05) is 0 Å². The van der Waals surface area contributed by atoms with Gasteiger partial charge in [0.15, 0.2) is 0 Å². The van der Waals surface area contributed by atoms with Crippen LogP contribution in [0.15, 0.2) is 36.4 Å². The molecule has 0 heterocycles. The van der Waals surface area contributed by atoms with Gasteiger partial charge in [0.1, 0.15) is 0 Å². The van der Waals surface area contributed by atoms with Crippen molar-refractivity contribution in [3.63, 3.8) is 0 Å². The number of terminal acetylenes is 1. The van der Waals surface area contributed by atoms with Crippen molar-refractivity contribution < 1.29 is 9.90 Å². The minimum atomic E-state index is -0.961. The summed E-state index contributed by atoms with van der Waals surface area (Å²) in [4.78, 5) is 10.8. The van der Waals surface area contributed by atoms with Gasteiger partial charge in [0.2, 0.25) is 0 Å². The molecule has 0 saturated heterocycles. The Morgan fingerprint density at radius 2 is 2.00 bits per heavy atom. The zero-order chi connectivity index (χ0) is 10.8. The first-order chi connectivity index (χ1) is 7.22. The summed E-state index contributed by atoms with van der Waals surface area (Å²) in [5.74, 6) is 1.54. The molecular formula is C13H8O2. The maximum absolute atomic E-state index is 10.8. The van der Waals surface area contributed by atoms with Crippen LogP contribution in [0.3, 0.4) is 0 Å². The molecule has 0 aliphatic heterocycles. The van der Waals surface area contributed by atoms with Gasteiger partial charge < -0.3 is 5.11 Å². The number of fused-ring (bicyclic) bond motifs is 1. The Labute approximate surface area is 87.2 Å². The summed E-state index contributed by atoms with van der Waals surface area (Å²) in [6.45, 7) is 0. The Morgan fingerprint density at radius 3 is 2.67 bits per heavy atom. The van der Waals surface area contributed by atoms with Gasteiger partial charge in [-0.2, -0.15) is 0 Å². The topological polar surface area (TPSA) is 37.3 Å². The molecule has 0 radical (unpaired) electrons. The monoisotopic (exact) mass is 196 g/mol. The molecule has 15 heavy (non-hydrogen) atoms. The molecule has 2 heteroatoms. The molecule has 0 spiro atoms. The average Bonchev–Trinajstić information content (AvgIpc) is 2.27.